The van der Waals surface area contributed by atoms with E-state index in [-0.39, 0.29) is 48.8 Å². The van der Waals surface area contributed by atoms with E-state index in [4.69, 9.17) is 5.73 Å². The molecule has 0 radical (unpaired) electrons. The zero-order chi connectivity index (χ0) is 37.1. The Labute approximate surface area is 303 Å². The quantitative estimate of drug-likeness (QED) is 0.205. The fourth-order valence-corrected chi connectivity index (χ4v) is 7.18. The molecule has 3 aromatic rings. The minimum Gasteiger partial charge on any atom is -0.349 e. The normalized spacial score (nSPS) is 15.1. The Hall–Kier alpha value is -4.63. The molecule has 0 saturated carbocycles. The van der Waals surface area contributed by atoms with Crippen LogP contribution >= 0.6 is 0 Å². The number of benzene rings is 3. The van der Waals surface area contributed by atoms with Gasteiger partial charge in [-0.2, -0.15) is 0 Å². The third-order valence-electron chi connectivity index (χ3n) is 9.99. The van der Waals surface area contributed by atoms with Gasteiger partial charge in [0.05, 0.1) is 12.6 Å². The minimum atomic E-state index is -0.731. The first-order chi connectivity index (χ1) is 24.4. The first kappa shape index (κ1) is 39.2. The predicted octanol–water partition coefficient (Wildman–Crippen LogP) is 5.45. The number of nitrogens with two attached hydrogens (primary N) is 1. The van der Waals surface area contributed by atoms with Crippen molar-refractivity contribution in [1.82, 2.24) is 10.2 Å². The number of rotatable bonds is 16. The van der Waals surface area contributed by atoms with Gasteiger partial charge in [-0.1, -0.05) is 80.1 Å². The van der Waals surface area contributed by atoms with Crippen LogP contribution in [0.5, 0.6) is 0 Å². The number of aryl methyl sites for hydroxylation is 3. The lowest BCUT2D eigenvalue weighted by Crippen LogP contribution is -2.50. The van der Waals surface area contributed by atoms with Gasteiger partial charge in [0.1, 0.15) is 0 Å². The van der Waals surface area contributed by atoms with Crippen molar-refractivity contribution in [3.8, 4) is 0 Å². The monoisotopic (exact) mass is 694 g/mol. The summed E-state index contributed by atoms with van der Waals surface area (Å²) < 4.78 is 0. The number of likely N-dealkylation sites (tertiary alicyclic amines) is 1. The second kappa shape index (κ2) is 18.6. The highest BCUT2D eigenvalue weighted by Crippen LogP contribution is 2.27. The topological polar surface area (TPSA) is 130 Å². The summed E-state index contributed by atoms with van der Waals surface area (Å²) in [6.45, 7) is 10.3. The van der Waals surface area contributed by atoms with Gasteiger partial charge in [-0.3, -0.25) is 24.0 Å². The summed E-state index contributed by atoms with van der Waals surface area (Å²) in [5.41, 5.74) is 12.5. The number of nitrogens with zero attached hydrogens (tertiary/aromatic N) is 2. The second-order valence-corrected chi connectivity index (χ2v) is 14.1. The number of piperidine rings is 1. The van der Waals surface area contributed by atoms with Crippen LogP contribution in [0.15, 0.2) is 72.8 Å². The number of hydrogen-bond donors (Lipinski definition) is 2. The van der Waals surface area contributed by atoms with E-state index >= 15 is 0 Å². The Kier molecular flexibility index (Phi) is 14.3. The summed E-state index contributed by atoms with van der Waals surface area (Å²) in [6.07, 6.45) is 2.42. The van der Waals surface area contributed by atoms with E-state index < -0.39 is 23.8 Å². The standard InChI is InChI=1S/C42H54N4O5/c1-6-40(49)46(34-15-11-8-12-16-34)35-17-19-45(20-18-35)42(51)33(24-32-13-9-7-10-14-32)25-36(47)27-44-41(50)31(5)23-39(48)38(43)26-37-29(3)21-28(2)22-30(37)4/h7-16,21-22,31,33,35,38H,6,17-20,23-27,43H2,1-5H3,(H,44,50)/t31-,33?,38?/m1/s1. The maximum Gasteiger partial charge on any atom is 0.226 e. The van der Waals surface area contributed by atoms with Crippen LogP contribution in [0.1, 0.15) is 73.8 Å². The van der Waals surface area contributed by atoms with E-state index in [0.29, 0.717) is 45.2 Å². The molecular formula is C42H54N4O5. The van der Waals surface area contributed by atoms with Crippen LogP contribution in [0.4, 0.5) is 5.69 Å². The lowest BCUT2D eigenvalue weighted by molar-refractivity contribution is -0.139. The van der Waals surface area contributed by atoms with Gasteiger partial charge in [-0.15, -0.1) is 0 Å². The summed E-state index contributed by atoms with van der Waals surface area (Å²) in [5.74, 6) is -2.16. The Morgan fingerprint density at radius 1 is 0.863 bits per heavy atom. The van der Waals surface area contributed by atoms with E-state index in [9.17, 15) is 24.0 Å². The van der Waals surface area contributed by atoms with Gasteiger partial charge in [0.2, 0.25) is 17.7 Å². The third-order valence-corrected chi connectivity index (χ3v) is 9.99. The van der Waals surface area contributed by atoms with Crippen LogP contribution in [0.25, 0.3) is 0 Å². The third kappa shape index (κ3) is 10.9. The zero-order valence-electron chi connectivity index (χ0n) is 30.8. The van der Waals surface area contributed by atoms with E-state index in [0.717, 1.165) is 33.5 Å². The molecule has 0 aliphatic carbocycles. The van der Waals surface area contributed by atoms with Gasteiger partial charge in [-0.25, -0.2) is 0 Å². The van der Waals surface area contributed by atoms with Crippen LogP contribution in [0.3, 0.4) is 0 Å². The molecule has 1 saturated heterocycles. The van der Waals surface area contributed by atoms with Crippen molar-refractivity contribution >= 4 is 35.0 Å². The van der Waals surface area contributed by atoms with Gasteiger partial charge in [0.15, 0.2) is 11.6 Å². The molecule has 3 N–H and O–H groups in total. The highest BCUT2D eigenvalue weighted by molar-refractivity contribution is 5.94. The fraction of sp³-hybridized carbons (Fsp3) is 0.452. The molecule has 1 heterocycles. The minimum absolute atomic E-state index is 0.0208. The highest BCUT2D eigenvalue weighted by atomic mass is 16.2. The molecule has 4 rings (SSSR count). The number of hydrogen-bond acceptors (Lipinski definition) is 6. The van der Waals surface area contributed by atoms with Crippen molar-refractivity contribution in [2.45, 2.75) is 91.6 Å². The molecule has 3 aromatic carbocycles. The number of anilines is 1. The number of carbonyl (C=O) groups excluding carboxylic acids is 5. The van der Waals surface area contributed by atoms with E-state index in [1.54, 1.807) is 6.92 Å². The summed E-state index contributed by atoms with van der Waals surface area (Å²) in [6, 6.07) is 22.6. The summed E-state index contributed by atoms with van der Waals surface area (Å²) in [7, 11) is 0. The lowest BCUT2D eigenvalue weighted by Gasteiger charge is -2.39. The van der Waals surface area contributed by atoms with Gasteiger partial charge in [-0.05, 0) is 80.8 Å². The van der Waals surface area contributed by atoms with Crippen LogP contribution in [0.2, 0.25) is 0 Å². The van der Waals surface area contributed by atoms with Crippen molar-refractivity contribution in [2.24, 2.45) is 17.6 Å². The van der Waals surface area contributed by atoms with Crippen LogP contribution in [-0.4, -0.2) is 65.9 Å². The lowest BCUT2D eigenvalue weighted by atomic mass is 9.90. The average Bonchev–Trinajstić information content (AvgIpc) is 3.12. The fourth-order valence-electron chi connectivity index (χ4n) is 7.18. The summed E-state index contributed by atoms with van der Waals surface area (Å²) in [4.78, 5) is 69.8. The summed E-state index contributed by atoms with van der Waals surface area (Å²) >= 11 is 0. The molecule has 3 amide bonds. The second-order valence-electron chi connectivity index (χ2n) is 14.1. The van der Waals surface area contributed by atoms with Crippen LogP contribution in [-0.2, 0) is 36.8 Å². The Bertz CT molecular complexity index is 1640. The molecule has 2 unspecified atom stereocenters. The molecule has 1 fully saturated rings. The van der Waals surface area contributed by atoms with Crippen molar-refractivity contribution in [2.75, 3.05) is 24.5 Å². The van der Waals surface area contributed by atoms with E-state index in [1.165, 1.54) is 0 Å². The van der Waals surface area contributed by atoms with Crippen molar-refractivity contribution in [1.29, 1.82) is 0 Å². The SMILES string of the molecule is CCC(=O)N(c1ccccc1)C1CCN(C(=O)C(CC(=O)CNC(=O)[C@H](C)CC(=O)C(N)Cc2c(C)cc(C)cc2C)Cc2ccccc2)CC1. The number of ketones is 2. The molecular weight excluding hydrogens is 640 g/mol. The van der Waals surface area contributed by atoms with E-state index in [1.807, 2.05) is 98.2 Å². The average molecular weight is 695 g/mol. The van der Waals surface area contributed by atoms with Gasteiger partial charge in [0, 0.05) is 55.9 Å². The summed E-state index contributed by atoms with van der Waals surface area (Å²) in [5, 5.41) is 2.69. The van der Waals surface area contributed by atoms with Crippen LogP contribution < -0.4 is 16.0 Å². The predicted molar refractivity (Wildman–Crippen MR) is 201 cm³/mol. The number of para-hydroxylation sites is 1. The zero-order valence-corrected chi connectivity index (χ0v) is 30.8. The van der Waals surface area contributed by atoms with Crippen LogP contribution in [0, 0.1) is 32.6 Å². The first-order valence-electron chi connectivity index (χ1n) is 18.2. The van der Waals surface area contributed by atoms with Gasteiger partial charge < -0.3 is 20.9 Å². The molecule has 9 heteroatoms. The Morgan fingerprint density at radius 3 is 2.04 bits per heavy atom. The molecule has 51 heavy (non-hydrogen) atoms. The molecule has 9 nitrogen and oxygen atoms in total. The Balaban J connectivity index is 1.33. The molecule has 272 valence electrons. The first-order valence-corrected chi connectivity index (χ1v) is 18.2. The van der Waals surface area contributed by atoms with Crippen molar-refractivity contribution in [3.63, 3.8) is 0 Å². The van der Waals surface area contributed by atoms with Crippen molar-refractivity contribution in [3.05, 3.63) is 101 Å². The molecule has 0 bridgehead atoms. The Morgan fingerprint density at radius 2 is 1.45 bits per heavy atom. The molecule has 1 aliphatic heterocycles. The number of nitrogens with one attached hydrogen (secondary N) is 1. The smallest absolute Gasteiger partial charge is 0.226 e. The highest BCUT2D eigenvalue weighted by Gasteiger charge is 2.33. The van der Waals surface area contributed by atoms with E-state index in [2.05, 4.69) is 17.4 Å². The molecule has 0 aromatic heterocycles. The maximum atomic E-state index is 14.0. The van der Waals surface area contributed by atoms with Gasteiger partial charge >= 0.3 is 0 Å². The molecule has 1 aliphatic rings. The maximum absolute atomic E-state index is 14.0. The number of carbonyl (C=O) groups is 5. The van der Waals surface area contributed by atoms with Crippen molar-refractivity contribution < 1.29 is 24.0 Å². The van der Waals surface area contributed by atoms with Gasteiger partial charge in [0.25, 0.3) is 0 Å². The number of amides is 3. The largest absolute Gasteiger partial charge is 0.349 e. The molecule has 3 atom stereocenters. The molecule has 0 spiro atoms. The number of Topliss-reactive ketones (excluding diaryl/α,β-unsaturated/α-hetero) is 2.